The second kappa shape index (κ2) is 12.4. The van der Waals surface area contributed by atoms with Crippen molar-refractivity contribution >= 4 is 28.9 Å². The maximum Gasteiger partial charge on any atom is 0.343 e. The molecule has 0 aliphatic rings. The number of rotatable bonds is 10. The molecule has 4 aromatic rings. The van der Waals surface area contributed by atoms with Crippen molar-refractivity contribution in [2.24, 2.45) is 5.10 Å². The van der Waals surface area contributed by atoms with E-state index in [0.29, 0.717) is 34.8 Å². The Kier molecular flexibility index (Phi) is 8.51. The van der Waals surface area contributed by atoms with Crippen molar-refractivity contribution in [2.75, 3.05) is 13.7 Å². The Balaban J connectivity index is 1.48. The van der Waals surface area contributed by atoms with E-state index < -0.39 is 11.9 Å². The van der Waals surface area contributed by atoms with Gasteiger partial charge in [-0.05, 0) is 60.0 Å². The third kappa shape index (κ3) is 6.44. The van der Waals surface area contributed by atoms with Gasteiger partial charge in [-0.1, -0.05) is 60.2 Å². The molecule has 0 atom stereocenters. The highest BCUT2D eigenvalue weighted by molar-refractivity contribution is 6.04. The van der Waals surface area contributed by atoms with Crippen molar-refractivity contribution in [2.45, 2.75) is 13.3 Å². The van der Waals surface area contributed by atoms with Crippen LogP contribution in [0, 0.1) is 6.92 Å². The van der Waals surface area contributed by atoms with E-state index in [4.69, 9.17) is 14.2 Å². The highest BCUT2D eigenvalue weighted by atomic mass is 16.5. The Bertz CT molecular complexity index is 1510. The molecular weight excluding hydrogens is 480 g/mol. The fourth-order valence-corrected chi connectivity index (χ4v) is 3.90. The van der Waals surface area contributed by atoms with Crippen molar-refractivity contribution in [3.05, 3.63) is 114 Å². The van der Waals surface area contributed by atoms with E-state index >= 15 is 0 Å². The van der Waals surface area contributed by atoms with Crippen molar-refractivity contribution < 1.29 is 23.8 Å². The van der Waals surface area contributed by atoms with Gasteiger partial charge >= 0.3 is 5.97 Å². The van der Waals surface area contributed by atoms with Crippen molar-refractivity contribution in [3.8, 4) is 17.2 Å². The highest BCUT2D eigenvalue weighted by Crippen LogP contribution is 2.29. The lowest BCUT2D eigenvalue weighted by molar-refractivity contribution is -0.123. The summed E-state index contributed by atoms with van der Waals surface area (Å²) in [5.41, 5.74) is 5.44. The number of methoxy groups -OCH3 is 1. The summed E-state index contributed by atoms with van der Waals surface area (Å²) >= 11 is 0. The molecule has 0 fully saturated rings. The van der Waals surface area contributed by atoms with Gasteiger partial charge in [0.15, 0.2) is 18.1 Å². The Labute approximate surface area is 221 Å². The number of fused-ring (bicyclic) bond motifs is 1. The van der Waals surface area contributed by atoms with Gasteiger partial charge in [0.05, 0.1) is 18.9 Å². The summed E-state index contributed by atoms with van der Waals surface area (Å²) in [5, 5.41) is 5.86. The standard InChI is InChI=1S/C31H28N2O5/c1-4-8-22-13-15-28(29(18-22)36-3)37-20-30(34)33-32-19-26-25-12-6-5-10-23(25)14-16-27(26)38-31(35)24-11-7-9-21(2)17-24/h4-7,9-19H,1,8,20H2,2-3H3,(H,33,34). The number of hydrazone groups is 1. The molecule has 0 aliphatic carbocycles. The molecule has 0 aromatic heterocycles. The Morgan fingerprint density at radius 2 is 1.76 bits per heavy atom. The number of nitrogens with zero attached hydrogens (tertiary/aromatic N) is 1. The lowest BCUT2D eigenvalue weighted by Gasteiger charge is -2.12. The number of hydrogen-bond donors (Lipinski definition) is 1. The Morgan fingerprint density at radius 3 is 2.55 bits per heavy atom. The quantitative estimate of drug-likeness (QED) is 0.0986. The van der Waals surface area contributed by atoms with Gasteiger partial charge in [-0.25, -0.2) is 10.2 Å². The van der Waals surface area contributed by atoms with E-state index in [1.54, 1.807) is 36.4 Å². The molecule has 1 N–H and O–H groups in total. The van der Waals surface area contributed by atoms with Crippen LogP contribution in [0.3, 0.4) is 0 Å². The summed E-state index contributed by atoms with van der Waals surface area (Å²) in [5.74, 6) is 0.352. The Morgan fingerprint density at radius 1 is 0.947 bits per heavy atom. The second-order valence-electron chi connectivity index (χ2n) is 8.52. The molecule has 0 saturated heterocycles. The van der Waals surface area contributed by atoms with E-state index in [2.05, 4.69) is 17.1 Å². The number of amides is 1. The van der Waals surface area contributed by atoms with Crippen LogP contribution in [-0.2, 0) is 11.2 Å². The lowest BCUT2D eigenvalue weighted by Crippen LogP contribution is -2.24. The van der Waals surface area contributed by atoms with Gasteiger partial charge in [0.25, 0.3) is 5.91 Å². The number of esters is 1. The van der Waals surface area contributed by atoms with E-state index in [0.717, 1.165) is 21.9 Å². The minimum atomic E-state index is -0.482. The topological polar surface area (TPSA) is 86.2 Å². The minimum Gasteiger partial charge on any atom is -0.493 e. The average Bonchev–Trinajstić information content (AvgIpc) is 2.93. The summed E-state index contributed by atoms with van der Waals surface area (Å²) in [6.07, 6.45) is 3.96. The van der Waals surface area contributed by atoms with Gasteiger partial charge in [-0.15, -0.1) is 6.58 Å². The molecule has 192 valence electrons. The first kappa shape index (κ1) is 26.2. The predicted molar refractivity (Wildman–Crippen MR) is 148 cm³/mol. The molecule has 7 heteroatoms. The first-order chi connectivity index (χ1) is 18.5. The molecule has 0 saturated carbocycles. The van der Waals surface area contributed by atoms with E-state index in [1.807, 2.05) is 55.5 Å². The molecule has 0 spiro atoms. The zero-order valence-electron chi connectivity index (χ0n) is 21.3. The van der Waals surface area contributed by atoms with Crippen molar-refractivity contribution in [1.29, 1.82) is 0 Å². The zero-order valence-corrected chi connectivity index (χ0v) is 21.3. The number of nitrogens with one attached hydrogen (secondary N) is 1. The number of aryl methyl sites for hydroxylation is 1. The number of benzene rings is 4. The maximum absolute atomic E-state index is 12.8. The van der Waals surface area contributed by atoms with Crippen LogP contribution in [0.4, 0.5) is 0 Å². The second-order valence-corrected chi connectivity index (χ2v) is 8.52. The number of carbonyl (C=O) groups excluding carboxylic acids is 2. The maximum atomic E-state index is 12.8. The average molecular weight is 509 g/mol. The van der Waals surface area contributed by atoms with Crippen LogP contribution in [0.15, 0.2) is 96.6 Å². The Hall–Kier alpha value is -4.91. The molecule has 0 aliphatic heterocycles. The van der Waals surface area contributed by atoms with Crippen LogP contribution in [0.5, 0.6) is 17.2 Å². The SMILES string of the molecule is C=CCc1ccc(OCC(=O)NN=Cc2c(OC(=O)c3cccc(C)c3)ccc3ccccc23)c(OC)c1. The number of allylic oxidation sites excluding steroid dienone is 1. The molecule has 0 radical (unpaired) electrons. The normalized spacial score (nSPS) is 10.8. The smallest absolute Gasteiger partial charge is 0.343 e. The monoisotopic (exact) mass is 508 g/mol. The van der Waals surface area contributed by atoms with Gasteiger partial charge in [-0.2, -0.15) is 5.10 Å². The molecule has 0 heterocycles. The van der Waals surface area contributed by atoms with Crippen LogP contribution in [-0.4, -0.2) is 31.8 Å². The summed E-state index contributed by atoms with van der Waals surface area (Å²) in [7, 11) is 1.54. The van der Waals surface area contributed by atoms with E-state index in [-0.39, 0.29) is 6.61 Å². The summed E-state index contributed by atoms with van der Waals surface area (Å²) in [6.45, 7) is 5.38. The van der Waals surface area contributed by atoms with Crippen LogP contribution < -0.4 is 19.6 Å². The minimum absolute atomic E-state index is 0.265. The largest absolute Gasteiger partial charge is 0.493 e. The van der Waals surface area contributed by atoms with Crippen LogP contribution in [0.2, 0.25) is 0 Å². The van der Waals surface area contributed by atoms with Crippen molar-refractivity contribution in [3.63, 3.8) is 0 Å². The molecule has 7 nitrogen and oxygen atoms in total. The van der Waals surface area contributed by atoms with E-state index in [1.165, 1.54) is 13.3 Å². The summed E-state index contributed by atoms with van der Waals surface area (Å²) in [4.78, 5) is 25.2. The third-order valence-corrected chi connectivity index (χ3v) is 5.74. The molecular formula is C31H28N2O5. The fourth-order valence-electron chi connectivity index (χ4n) is 3.90. The molecule has 0 unspecified atom stereocenters. The van der Waals surface area contributed by atoms with Crippen molar-refractivity contribution in [1.82, 2.24) is 5.43 Å². The molecule has 38 heavy (non-hydrogen) atoms. The van der Waals surface area contributed by atoms with Gasteiger partial charge in [0, 0.05) is 5.56 Å². The number of ether oxygens (including phenoxy) is 3. The first-order valence-electron chi connectivity index (χ1n) is 12.0. The third-order valence-electron chi connectivity index (χ3n) is 5.74. The lowest BCUT2D eigenvalue weighted by atomic mass is 10.0. The van der Waals surface area contributed by atoms with Crippen LogP contribution in [0.1, 0.15) is 27.0 Å². The van der Waals surface area contributed by atoms with Crippen LogP contribution >= 0.6 is 0 Å². The molecule has 1 amide bonds. The highest BCUT2D eigenvalue weighted by Gasteiger charge is 2.14. The fraction of sp³-hybridized carbons (Fsp3) is 0.129. The van der Waals surface area contributed by atoms with Gasteiger partial charge in [0.1, 0.15) is 5.75 Å². The van der Waals surface area contributed by atoms with Gasteiger partial charge < -0.3 is 14.2 Å². The number of carbonyl (C=O) groups is 2. The zero-order chi connectivity index (χ0) is 26.9. The van der Waals surface area contributed by atoms with Crippen LogP contribution in [0.25, 0.3) is 10.8 Å². The molecule has 4 rings (SSSR count). The van der Waals surface area contributed by atoms with Gasteiger partial charge in [0.2, 0.25) is 0 Å². The molecule has 4 aromatic carbocycles. The predicted octanol–water partition coefficient (Wildman–Crippen LogP) is 5.63. The van der Waals surface area contributed by atoms with Gasteiger partial charge in [-0.3, -0.25) is 4.79 Å². The molecule has 0 bridgehead atoms. The summed E-state index contributed by atoms with van der Waals surface area (Å²) < 4.78 is 16.7. The summed E-state index contributed by atoms with van der Waals surface area (Å²) in [6, 6.07) is 23.9. The first-order valence-corrected chi connectivity index (χ1v) is 12.0. The number of hydrogen-bond acceptors (Lipinski definition) is 6. The van der Waals surface area contributed by atoms with E-state index in [9.17, 15) is 9.59 Å².